The number of nitro groups is 1. The summed E-state index contributed by atoms with van der Waals surface area (Å²) in [6.45, 7) is 2.24. The van der Waals surface area contributed by atoms with Gasteiger partial charge in [0.05, 0.1) is 17.1 Å². The van der Waals surface area contributed by atoms with Crippen LogP contribution in [0.25, 0.3) is 0 Å². The lowest BCUT2D eigenvalue weighted by Crippen LogP contribution is -2.41. The van der Waals surface area contributed by atoms with Gasteiger partial charge < -0.3 is 10.5 Å². The lowest BCUT2D eigenvalue weighted by Gasteiger charge is -2.25. The molecule has 21 heavy (non-hydrogen) atoms. The predicted molar refractivity (Wildman–Crippen MR) is 76.3 cm³/mol. The van der Waals surface area contributed by atoms with Crippen LogP contribution < -0.4 is 5.73 Å². The van der Waals surface area contributed by atoms with Gasteiger partial charge in [0.15, 0.2) is 4.90 Å². The summed E-state index contributed by atoms with van der Waals surface area (Å²) in [5.74, 6) is 0. The van der Waals surface area contributed by atoms with Crippen molar-refractivity contribution in [1.82, 2.24) is 4.31 Å². The van der Waals surface area contributed by atoms with Crippen molar-refractivity contribution in [3.8, 4) is 0 Å². The average Bonchev–Trinajstić information content (AvgIpc) is 2.83. The fourth-order valence-corrected chi connectivity index (χ4v) is 4.10. The Hall–Kier alpha value is -1.71. The summed E-state index contributed by atoms with van der Waals surface area (Å²) in [5, 5.41) is 11.1. The highest BCUT2D eigenvalue weighted by Gasteiger charge is 2.38. The van der Waals surface area contributed by atoms with Gasteiger partial charge in [0.25, 0.3) is 0 Å². The van der Waals surface area contributed by atoms with Crippen LogP contribution in [-0.4, -0.2) is 43.4 Å². The maximum Gasteiger partial charge on any atom is 0.312 e. The summed E-state index contributed by atoms with van der Waals surface area (Å²) in [7, 11) is -2.62. The van der Waals surface area contributed by atoms with Crippen molar-refractivity contribution in [1.29, 1.82) is 0 Å². The summed E-state index contributed by atoms with van der Waals surface area (Å²) in [5.41, 5.74) is 4.79. The first-order chi connectivity index (χ1) is 9.76. The summed E-state index contributed by atoms with van der Waals surface area (Å²) in [4.78, 5) is 9.95. The van der Waals surface area contributed by atoms with E-state index in [0.29, 0.717) is 13.0 Å². The smallest absolute Gasteiger partial charge is 0.312 e. The van der Waals surface area contributed by atoms with Crippen LogP contribution in [0.1, 0.15) is 13.3 Å². The highest BCUT2D eigenvalue weighted by Crippen LogP contribution is 2.33. The number of likely N-dealkylation sites (N-methyl/N-ethyl adjacent to an activating group) is 1. The molecule has 2 N–H and O–H groups in total. The molecule has 0 radical (unpaired) electrons. The first-order valence-corrected chi connectivity index (χ1v) is 7.83. The molecule has 1 fully saturated rings. The zero-order valence-corrected chi connectivity index (χ0v) is 12.5. The van der Waals surface area contributed by atoms with Crippen molar-refractivity contribution >= 4 is 21.4 Å². The number of hydrogen-bond donors (Lipinski definition) is 1. The molecule has 1 aliphatic heterocycles. The van der Waals surface area contributed by atoms with Crippen molar-refractivity contribution < 1.29 is 18.1 Å². The van der Waals surface area contributed by atoms with Gasteiger partial charge in [0.1, 0.15) is 5.69 Å². The lowest BCUT2D eigenvalue weighted by atomic mass is 10.2. The minimum Gasteiger partial charge on any atom is -0.393 e. The largest absolute Gasteiger partial charge is 0.393 e. The maximum atomic E-state index is 12.7. The van der Waals surface area contributed by atoms with E-state index in [0.717, 1.165) is 4.31 Å². The zero-order valence-electron chi connectivity index (χ0n) is 11.7. The number of sulfonamides is 1. The van der Waals surface area contributed by atoms with Crippen LogP contribution in [0.2, 0.25) is 0 Å². The van der Waals surface area contributed by atoms with Gasteiger partial charge in [-0.3, -0.25) is 10.1 Å². The number of nitro benzene ring substituents is 1. The van der Waals surface area contributed by atoms with Gasteiger partial charge in [-0.15, -0.1) is 0 Å². The van der Waals surface area contributed by atoms with E-state index in [9.17, 15) is 18.5 Å². The van der Waals surface area contributed by atoms with E-state index in [-0.39, 0.29) is 17.8 Å². The number of anilines is 1. The normalized spacial score (nSPS) is 22.6. The standard InChI is InChI=1S/C12H17N3O5S/c1-8-10(6-7-20-8)14(2)21(18,19)11-5-3-4-9(13)12(11)15(16)17/h3-5,8,10H,6-7,13H2,1-2H3. The molecule has 1 aliphatic rings. The topological polar surface area (TPSA) is 116 Å². The van der Waals surface area contributed by atoms with E-state index in [1.165, 1.54) is 25.2 Å². The number of benzene rings is 1. The SMILES string of the molecule is CC1OCCC1N(C)S(=O)(=O)c1cccc(N)c1[N+](=O)[O-]. The molecule has 8 nitrogen and oxygen atoms in total. The molecule has 0 amide bonds. The predicted octanol–water partition coefficient (Wildman–Crippen LogP) is 0.975. The third kappa shape index (κ3) is 2.71. The van der Waals surface area contributed by atoms with E-state index in [4.69, 9.17) is 10.5 Å². The Kier molecular flexibility index (Phi) is 4.17. The Balaban J connectivity index is 2.49. The average molecular weight is 315 g/mol. The van der Waals surface area contributed by atoms with Crippen LogP contribution in [0, 0.1) is 10.1 Å². The van der Waals surface area contributed by atoms with Crippen molar-refractivity contribution in [3.05, 3.63) is 28.3 Å². The third-order valence-electron chi connectivity index (χ3n) is 3.67. The fraction of sp³-hybridized carbons (Fsp3) is 0.500. The first-order valence-electron chi connectivity index (χ1n) is 6.39. The number of nitrogens with zero attached hydrogens (tertiary/aromatic N) is 2. The first kappa shape index (κ1) is 15.7. The Morgan fingerprint density at radius 2 is 2.14 bits per heavy atom. The van der Waals surface area contributed by atoms with E-state index in [1.54, 1.807) is 6.92 Å². The van der Waals surface area contributed by atoms with E-state index in [1.807, 2.05) is 0 Å². The highest BCUT2D eigenvalue weighted by molar-refractivity contribution is 7.89. The fourth-order valence-electron chi connectivity index (χ4n) is 2.47. The van der Waals surface area contributed by atoms with Gasteiger partial charge in [-0.05, 0) is 25.5 Å². The molecule has 0 aliphatic carbocycles. The monoisotopic (exact) mass is 315 g/mol. The number of nitrogens with two attached hydrogens (primary N) is 1. The van der Waals surface area contributed by atoms with Crippen molar-refractivity contribution in [2.24, 2.45) is 0 Å². The lowest BCUT2D eigenvalue weighted by molar-refractivity contribution is -0.386. The minimum absolute atomic E-state index is 0.176. The van der Waals surface area contributed by atoms with Crippen LogP contribution in [0.5, 0.6) is 0 Å². The molecule has 0 spiro atoms. The van der Waals surface area contributed by atoms with Gasteiger partial charge in [-0.2, -0.15) is 4.31 Å². The Bertz CT molecular complexity index is 661. The van der Waals surface area contributed by atoms with Crippen LogP contribution in [0.15, 0.2) is 23.1 Å². The summed E-state index contributed by atoms with van der Waals surface area (Å²) >= 11 is 0. The van der Waals surface area contributed by atoms with Gasteiger partial charge in [-0.1, -0.05) is 6.07 Å². The number of hydrogen-bond acceptors (Lipinski definition) is 6. The molecule has 2 unspecified atom stereocenters. The molecule has 0 bridgehead atoms. The van der Waals surface area contributed by atoms with Gasteiger partial charge in [-0.25, -0.2) is 8.42 Å². The van der Waals surface area contributed by atoms with Crippen molar-refractivity contribution in [3.63, 3.8) is 0 Å². The van der Waals surface area contributed by atoms with Crippen LogP contribution in [-0.2, 0) is 14.8 Å². The minimum atomic E-state index is -4.02. The van der Waals surface area contributed by atoms with Crippen molar-refractivity contribution in [2.75, 3.05) is 19.4 Å². The maximum absolute atomic E-state index is 12.7. The van der Waals surface area contributed by atoms with Crippen LogP contribution in [0.4, 0.5) is 11.4 Å². The summed E-state index contributed by atoms with van der Waals surface area (Å²) in [6, 6.07) is 3.53. The zero-order chi connectivity index (χ0) is 15.8. The Labute approximate surface area is 122 Å². The van der Waals surface area contributed by atoms with Gasteiger partial charge >= 0.3 is 5.69 Å². The van der Waals surface area contributed by atoms with Crippen molar-refractivity contribution in [2.45, 2.75) is 30.4 Å². The molecule has 1 aromatic carbocycles. The molecule has 1 aromatic rings. The molecule has 2 atom stereocenters. The second-order valence-electron chi connectivity index (χ2n) is 4.90. The summed E-state index contributed by atoms with van der Waals surface area (Å²) < 4.78 is 31.8. The summed E-state index contributed by atoms with van der Waals surface area (Å²) in [6.07, 6.45) is 0.289. The Morgan fingerprint density at radius 1 is 1.48 bits per heavy atom. The molecular weight excluding hydrogens is 298 g/mol. The van der Waals surface area contributed by atoms with E-state index >= 15 is 0 Å². The van der Waals surface area contributed by atoms with E-state index < -0.39 is 25.5 Å². The third-order valence-corrected chi connectivity index (χ3v) is 5.59. The van der Waals surface area contributed by atoms with Gasteiger partial charge in [0, 0.05) is 13.7 Å². The Morgan fingerprint density at radius 3 is 2.67 bits per heavy atom. The molecule has 2 rings (SSSR count). The molecular formula is C12H17N3O5S. The second-order valence-corrected chi connectivity index (χ2v) is 6.87. The molecule has 0 aromatic heterocycles. The molecule has 1 heterocycles. The number of rotatable bonds is 4. The molecule has 1 saturated heterocycles. The highest BCUT2D eigenvalue weighted by atomic mass is 32.2. The number of nitrogen functional groups attached to an aromatic ring is 1. The quantitative estimate of drug-likeness (QED) is 0.503. The van der Waals surface area contributed by atoms with E-state index in [2.05, 4.69) is 0 Å². The number of para-hydroxylation sites is 1. The second kappa shape index (κ2) is 5.58. The van der Waals surface area contributed by atoms with Crippen LogP contribution in [0.3, 0.4) is 0 Å². The molecule has 0 saturated carbocycles. The van der Waals surface area contributed by atoms with Crippen LogP contribution >= 0.6 is 0 Å². The molecule has 116 valence electrons. The van der Waals surface area contributed by atoms with Gasteiger partial charge in [0.2, 0.25) is 10.0 Å². The number of ether oxygens (including phenoxy) is 1. The molecule has 9 heteroatoms.